The van der Waals surface area contributed by atoms with Crippen molar-refractivity contribution in [2.24, 2.45) is 10.9 Å². The summed E-state index contributed by atoms with van der Waals surface area (Å²) in [7, 11) is -1.57. The number of halogens is 1. The zero-order chi connectivity index (χ0) is 20.5. The van der Waals surface area contributed by atoms with E-state index < -0.39 is 10.0 Å². The Bertz CT molecular complexity index is 624. The number of hydrogen-bond acceptors (Lipinski definition) is 6. The van der Waals surface area contributed by atoms with Crippen LogP contribution < -0.4 is 10.0 Å². The van der Waals surface area contributed by atoms with Crippen molar-refractivity contribution in [2.45, 2.75) is 31.8 Å². The molecule has 0 aromatic heterocycles. The maximum Gasteiger partial charge on any atom is 0.213 e. The molecule has 2 unspecified atom stereocenters. The number of sulfonamides is 1. The first-order chi connectivity index (χ1) is 14.1. The molecule has 0 aliphatic carbocycles. The van der Waals surface area contributed by atoms with Crippen LogP contribution in [0.5, 0.6) is 0 Å². The molecular formula is C19H38IN5O4S. The third-order valence-corrected chi connectivity index (χ3v) is 7.22. The second-order valence-electron chi connectivity index (χ2n) is 8.14. The van der Waals surface area contributed by atoms with Crippen LogP contribution in [0.15, 0.2) is 4.99 Å². The fourth-order valence-electron chi connectivity index (χ4n) is 4.21. The Morgan fingerprint density at radius 2 is 1.93 bits per heavy atom. The van der Waals surface area contributed by atoms with Gasteiger partial charge in [0.15, 0.2) is 5.96 Å². The monoisotopic (exact) mass is 559 g/mol. The molecule has 176 valence electrons. The summed E-state index contributed by atoms with van der Waals surface area (Å²) in [4.78, 5) is 9.06. The Hall–Kier alpha value is -0.210. The average molecular weight is 560 g/mol. The Morgan fingerprint density at radius 3 is 2.63 bits per heavy atom. The molecule has 30 heavy (non-hydrogen) atoms. The number of likely N-dealkylation sites (tertiary alicyclic amines) is 1. The normalized spacial score (nSPS) is 26.4. The first-order valence-electron chi connectivity index (χ1n) is 10.9. The lowest BCUT2D eigenvalue weighted by molar-refractivity contribution is 0.0200. The first kappa shape index (κ1) is 26.0. The van der Waals surface area contributed by atoms with Crippen molar-refractivity contribution in [1.82, 2.24) is 19.8 Å². The maximum atomic E-state index is 12.3. The van der Waals surface area contributed by atoms with E-state index in [1.807, 2.05) is 0 Å². The highest BCUT2D eigenvalue weighted by atomic mass is 127. The Morgan fingerprint density at radius 1 is 1.13 bits per heavy atom. The molecule has 0 amide bonds. The molecule has 3 heterocycles. The minimum Gasteiger partial charge on any atom is -0.379 e. The zero-order valence-electron chi connectivity index (χ0n) is 18.1. The van der Waals surface area contributed by atoms with Gasteiger partial charge < -0.3 is 19.7 Å². The smallest absolute Gasteiger partial charge is 0.213 e. The lowest BCUT2D eigenvalue weighted by Crippen LogP contribution is -2.44. The molecule has 0 aromatic rings. The number of guanidine groups is 1. The Labute approximate surface area is 198 Å². The standard InChI is InChI=1S/C19H37N5O4S.HI/c1-20-19(24-7-5-17(16-24)15-23-8-11-27-12-9-23)21-6-13-29(25,26)22-14-18-4-2-3-10-28-18;/h17-18,22H,2-16H2,1H3,(H,20,21);1H. The van der Waals surface area contributed by atoms with Crippen LogP contribution in [0.3, 0.4) is 0 Å². The molecule has 2 atom stereocenters. The van der Waals surface area contributed by atoms with Crippen LogP contribution in [-0.2, 0) is 19.5 Å². The lowest BCUT2D eigenvalue weighted by Gasteiger charge is -2.29. The van der Waals surface area contributed by atoms with Crippen LogP contribution in [0.25, 0.3) is 0 Å². The van der Waals surface area contributed by atoms with Gasteiger partial charge in [0.05, 0.1) is 25.1 Å². The molecule has 3 rings (SSSR count). The number of hydrogen-bond donors (Lipinski definition) is 2. The van der Waals surface area contributed by atoms with E-state index in [9.17, 15) is 8.42 Å². The minimum absolute atomic E-state index is 0. The van der Waals surface area contributed by atoms with Gasteiger partial charge in [0.25, 0.3) is 0 Å². The van der Waals surface area contributed by atoms with E-state index in [0.29, 0.717) is 19.0 Å². The van der Waals surface area contributed by atoms with E-state index in [1.165, 1.54) is 0 Å². The third-order valence-electron chi connectivity index (χ3n) is 5.88. The molecule has 0 aromatic carbocycles. The number of nitrogens with one attached hydrogen (secondary N) is 2. The highest BCUT2D eigenvalue weighted by Gasteiger charge is 2.27. The van der Waals surface area contributed by atoms with E-state index in [2.05, 4.69) is 24.8 Å². The van der Waals surface area contributed by atoms with Crippen molar-refractivity contribution in [3.05, 3.63) is 0 Å². The summed E-state index contributed by atoms with van der Waals surface area (Å²) in [6.45, 7) is 8.14. The van der Waals surface area contributed by atoms with Gasteiger partial charge in [0.2, 0.25) is 10.0 Å². The number of morpholine rings is 1. The van der Waals surface area contributed by atoms with Gasteiger partial charge in [0.1, 0.15) is 0 Å². The van der Waals surface area contributed by atoms with E-state index in [-0.39, 0.29) is 35.8 Å². The quantitative estimate of drug-likeness (QED) is 0.251. The largest absolute Gasteiger partial charge is 0.379 e. The van der Waals surface area contributed by atoms with Crippen LogP contribution >= 0.6 is 24.0 Å². The second-order valence-corrected chi connectivity index (χ2v) is 10.1. The summed E-state index contributed by atoms with van der Waals surface area (Å²) in [6.07, 6.45) is 4.24. The van der Waals surface area contributed by atoms with Gasteiger partial charge >= 0.3 is 0 Å². The van der Waals surface area contributed by atoms with Crippen molar-refractivity contribution in [3.63, 3.8) is 0 Å². The molecule has 0 saturated carbocycles. The fourth-order valence-corrected chi connectivity index (χ4v) is 5.17. The third kappa shape index (κ3) is 8.73. The lowest BCUT2D eigenvalue weighted by atomic mass is 10.1. The Balaban J connectivity index is 0.00000320. The summed E-state index contributed by atoms with van der Waals surface area (Å²) in [5.74, 6) is 1.44. The molecule has 3 saturated heterocycles. The van der Waals surface area contributed by atoms with E-state index in [0.717, 1.165) is 84.2 Å². The van der Waals surface area contributed by atoms with Crippen LogP contribution in [-0.4, -0.2) is 109 Å². The summed E-state index contributed by atoms with van der Waals surface area (Å²) in [5, 5.41) is 3.22. The van der Waals surface area contributed by atoms with Crippen molar-refractivity contribution in [1.29, 1.82) is 0 Å². The summed E-state index contributed by atoms with van der Waals surface area (Å²) >= 11 is 0. The SMILES string of the molecule is CN=C(NCCS(=O)(=O)NCC1CCCCO1)N1CCC(CN2CCOCC2)C1.I. The van der Waals surface area contributed by atoms with Crippen molar-refractivity contribution in [3.8, 4) is 0 Å². The van der Waals surface area contributed by atoms with E-state index in [1.54, 1.807) is 7.05 Å². The topological polar surface area (TPSA) is 95.5 Å². The summed E-state index contributed by atoms with van der Waals surface area (Å²) < 4.78 is 38.2. The van der Waals surface area contributed by atoms with Crippen LogP contribution in [0.4, 0.5) is 0 Å². The number of rotatable bonds is 8. The minimum atomic E-state index is -3.32. The highest BCUT2D eigenvalue weighted by Crippen LogP contribution is 2.18. The summed E-state index contributed by atoms with van der Waals surface area (Å²) in [5.41, 5.74) is 0. The zero-order valence-corrected chi connectivity index (χ0v) is 21.2. The average Bonchev–Trinajstić information content (AvgIpc) is 3.19. The number of aliphatic imine (C=N–C) groups is 1. The number of nitrogens with zero attached hydrogens (tertiary/aromatic N) is 3. The fraction of sp³-hybridized carbons (Fsp3) is 0.947. The predicted molar refractivity (Wildman–Crippen MR) is 129 cm³/mol. The van der Waals surface area contributed by atoms with Crippen LogP contribution in [0.1, 0.15) is 25.7 Å². The second kappa shape index (κ2) is 13.4. The van der Waals surface area contributed by atoms with Gasteiger partial charge in [0, 0.05) is 59.5 Å². The number of ether oxygens (including phenoxy) is 2. The van der Waals surface area contributed by atoms with Gasteiger partial charge in [-0.3, -0.25) is 9.89 Å². The molecule has 3 aliphatic heterocycles. The first-order valence-corrected chi connectivity index (χ1v) is 12.6. The highest BCUT2D eigenvalue weighted by molar-refractivity contribution is 14.0. The van der Waals surface area contributed by atoms with Gasteiger partial charge in [-0.25, -0.2) is 13.1 Å². The maximum absolute atomic E-state index is 12.3. The van der Waals surface area contributed by atoms with E-state index >= 15 is 0 Å². The van der Waals surface area contributed by atoms with Gasteiger partial charge in [-0.05, 0) is 31.6 Å². The van der Waals surface area contributed by atoms with E-state index in [4.69, 9.17) is 9.47 Å². The van der Waals surface area contributed by atoms with Crippen LogP contribution in [0, 0.1) is 5.92 Å². The molecule has 3 aliphatic rings. The molecule has 0 spiro atoms. The van der Waals surface area contributed by atoms with Crippen molar-refractivity contribution >= 4 is 40.0 Å². The van der Waals surface area contributed by atoms with Crippen molar-refractivity contribution in [2.75, 3.05) is 78.4 Å². The molecule has 0 bridgehead atoms. The molecular weight excluding hydrogens is 521 g/mol. The molecule has 2 N–H and O–H groups in total. The molecule has 11 heteroatoms. The predicted octanol–water partition coefficient (Wildman–Crippen LogP) is 0.322. The molecule has 3 fully saturated rings. The van der Waals surface area contributed by atoms with Crippen LogP contribution in [0.2, 0.25) is 0 Å². The van der Waals surface area contributed by atoms with Gasteiger partial charge in [-0.1, -0.05) is 0 Å². The van der Waals surface area contributed by atoms with Gasteiger partial charge in [-0.15, -0.1) is 24.0 Å². The van der Waals surface area contributed by atoms with Crippen molar-refractivity contribution < 1.29 is 17.9 Å². The van der Waals surface area contributed by atoms with Gasteiger partial charge in [-0.2, -0.15) is 0 Å². The Kier molecular flexibility index (Phi) is 11.6. The summed E-state index contributed by atoms with van der Waals surface area (Å²) in [6, 6.07) is 0. The molecule has 0 radical (unpaired) electrons. The molecule has 9 nitrogen and oxygen atoms in total.